The molecule has 0 aliphatic carbocycles. The van der Waals surface area contributed by atoms with Crippen molar-refractivity contribution in [1.82, 2.24) is 4.98 Å². The Balaban J connectivity index is 1.59. The van der Waals surface area contributed by atoms with Crippen molar-refractivity contribution in [3.05, 3.63) is 115 Å². The van der Waals surface area contributed by atoms with Crippen molar-refractivity contribution in [3.8, 4) is 17.2 Å². The van der Waals surface area contributed by atoms with Gasteiger partial charge in [-0.05, 0) is 36.4 Å². The molecule has 1 aromatic heterocycles. The van der Waals surface area contributed by atoms with Crippen molar-refractivity contribution in [2.45, 2.75) is 12.5 Å². The molecule has 0 radical (unpaired) electrons. The molecular formula is C26H21N3O2. The third-order valence-electron chi connectivity index (χ3n) is 5.28. The Morgan fingerprint density at radius 3 is 2.42 bits per heavy atom. The summed E-state index contributed by atoms with van der Waals surface area (Å²) in [4.78, 5) is 4.24. The Morgan fingerprint density at radius 1 is 0.839 bits per heavy atom. The number of anilines is 1. The fourth-order valence-corrected chi connectivity index (χ4v) is 3.80. The summed E-state index contributed by atoms with van der Waals surface area (Å²) >= 11 is 0. The fourth-order valence-electron chi connectivity index (χ4n) is 3.80. The molecule has 0 saturated carbocycles. The highest BCUT2D eigenvalue weighted by molar-refractivity contribution is 6.03. The molecule has 2 heterocycles. The number of nitrogens with zero attached hydrogens (tertiary/aromatic N) is 3. The molecule has 0 spiro atoms. The number of aromatic nitrogens is 1. The number of phenols is 1. The zero-order valence-electron chi connectivity index (χ0n) is 16.8. The van der Waals surface area contributed by atoms with Crippen molar-refractivity contribution in [3.63, 3.8) is 0 Å². The van der Waals surface area contributed by atoms with Gasteiger partial charge in [0.15, 0.2) is 5.75 Å². The standard InChI is InChI=1S/C26H21N3O2/c30-25-14-6-4-12-21(25)24-17-22(19-9-8-16-27-18-19)28-29(24)23-13-5-7-15-26(23)31-20-10-2-1-3-11-20/h1-16,18,24,30H,17H2. The van der Waals surface area contributed by atoms with Crippen LogP contribution in [0.2, 0.25) is 0 Å². The topological polar surface area (TPSA) is 58.0 Å². The van der Waals surface area contributed by atoms with E-state index in [-0.39, 0.29) is 11.8 Å². The molecule has 1 aliphatic rings. The Morgan fingerprint density at radius 2 is 1.61 bits per heavy atom. The molecule has 1 atom stereocenters. The van der Waals surface area contributed by atoms with E-state index in [1.165, 1.54) is 0 Å². The number of rotatable bonds is 5. The minimum absolute atomic E-state index is 0.170. The van der Waals surface area contributed by atoms with Crippen LogP contribution < -0.4 is 9.75 Å². The molecule has 1 N–H and O–H groups in total. The summed E-state index contributed by atoms with van der Waals surface area (Å²) in [6.45, 7) is 0. The molecule has 3 aromatic carbocycles. The predicted molar refractivity (Wildman–Crippen MR) is 122 cm³/mol. The van der Waals surface area contributed by atoms with Crippen LogP contribution in [0, 0.1) is 0 Å². The molecule has 0 bridgehead atoms. The zero-order chi connectivity index (χ0) is 21.0. The van der Waals surface area contributed by atoms with Crippen LogP contribution in [0.4, 0.5) is 5.69 Å². The van der Waals surface area contributed by atoms with Gasteiger partial charge in [-0.15, -0.1) is 0 Å². The first-order valence-electron chi connectivity index (χ1n) is 10.2. The Labute approximate surface area is 180 Å². The van der Waals surface area contributed by atoms with E-state index in [2.05, 4.69) is 4.98 Å². The summed E-state index contributed by atoms with van der Waals surface area (Å²) in [7, 11) is 0. The third kappa shape index (κ3) is 3.85. The fraction of sp³-hybridized carbons (Fsp3) is 0.0769. The molecule has 31 heavy (non-hydrogen) atoms. The number of phenolic OH excluding ortho intramolecular Hbond substituents is 1. The molecular weight excluding hydrogens is 386 g/mol. The number of hydrogen-bond donors (Lipinski definition) is 1. The maximum atomic E-state index is 10.6. The van der Waals surface area contributed by atoms with E-state index in [1.54, 1.807) is 12.3 Å². The van der Waals surface area contributed by atoms with Crippen molar-refractivity contribution in [2.75, 3.05) is 5.01 Å². The van der Waals surface area contributed by atoms with Crippen LogP contribution >= 0.6 is 0 Å². The highest BCUT2D eigenvalue weighted by atomic mass is 16.5. The maximum absolute atomic E-state index is 10.6. The van der Waals surface area contributed by atoms with Crippen LogP contribution in [0.25, 0.3) is 0 Å². The monoisotopic (exact) mass is 407 g/mol. The maximum Gasteiger partial charge on any atom is 0.152 e. The highest BCUT2D eigenvalue weighted by Gasteiger charge is 2.33. The first-order chi connectivity index (χ1) is 15.3. The van der Waals surface area contributed by atoms with Gasteiger partial charge in [0.2, 0.25) is 0 Å². The summed E-state index contributed by atoms with van der Waals surface area (Å²) in [6.07, 6.45) is 4.21. The van der Waals surface area contributed by atoms with Gasteiger partial charge in [-0.2, -0.15) is 5.10 Å². The summed E-state index contributed by atoms with van der Waals surface area (Å²) in [5, 5.41) is 17.5. The minimum atomic E-state index is -0.170. The molecule has 0 saturated heterocycles. The van der Waals surface area contributed by atoms with Crippen molar-refractivity contribution in [2.24, 2.45) is 5.10 Å². The van der Waals surface area contributed by atoms with Crippen LogP contribution in [0.5, 0.6) is 17.2 Å². The van der Waals surface area contributed by atoms with Gasteiger partial charge in [0.1, 0.15) is 17.2 Å². The highest BCUT2D eigenvalue weighted by Crippen LogP contribution is 2.43. The molecule has 5 nitrogen and oxygen atoms in total. The van der Waals surface area contributed by atoms with Gasteiger partial charge < -0.3 is 9.84 Å². The molecule has 1 unspecified atom stereocenters. The SMILES string of the molecule is Oc1ccccc1C1CC(c2cccnc2)=NN1c1ccccc1Oc1ccccc1. The molecule has 0 fully saturated rings. The number of hydrogen-bond acceptors (Lipinski definition) is 5. The lowest BCUT2D eigenvalue weighted by atomic mass is 9.98. The quantitative estimate of drug-likeness (QED) is 0.445. The van der Waals surface area contributed by atoms with E-state index in [9.17, 15) is 5.11 Å². The number of hydrazone groups is 1. The van der Waals surface area contributed by atoms with Gasteiger partial charge in [-0.3, -0.25) is 9.99 Å². The second kappa shape index (κ2) is 8.32. The van der Waals surface area contributed by atoms with Gasteiger partial charge >= 0.3 is 0 Å². The van der Waals surface area contributed by atoms with Crippen LogP contribution in [0.3, 0.4) is 0 Å². The van der Waals surface area contributed by atoms with E-state index < -0.39 is 0 Å². The van der Waals surface area contributed by atoms with Gasteiger partial charge in [-0.1, -0.05) is 54.6 Å². The van der Waals surface area contributed by atoms with E-state index in [1.807, 2.05) is 96.1 Å². The number of benzene rings is 3. The number of aromatic hydroxyl groups is 1. The lowest BCUT2D eigenvalue weighted by molar-refractivity contribution is 0.458. The Hall–Kier alpha value is -4.12. The van der Waals surface area contributed by atoms with E-state index in [0.717, 1.165) is 28.3 Å². The summed E-state index contributed by atoms with van der Waals surface area (Å²) < 4.78 is 6.19. The summed E-state index contributed by atoms with van der Waals surface area (Å²) in [6, 6.07) is 28.7. The van der Waals surface area contributed by atoms with Gasteiger partial charge in [-0.25, -0.2) is 0 Å². The van der Waals surface area contributed by atoms with Gasteiger partial charge in [0.05, 0.1) is 11.8 Å². The molecule has 1 aliphatic heterocycles. The molecule has 0 amide bonds. The Kier molecular flexibility index (Phi) is 5.07. The largest absolute Gasteiger partial charge is 0.508 e. The zero-order valence-corrected chi connectivity index (χ0v) is 16.8. The van der Waals surface area contributed by atoms with E-state index >= 15 is 0 Å². The van der Waals surface area contributed by atoms with Crippen molar-refractivity contribution >= 4 is 11.4 Å². The first kappa shape index (κ1) is 18.9. The average molecular weight is 407 g/mol. The second-order valence-electron chi connectivity index (χ2n) is 7.29. The van der Waals surface area contributed by atoms with Crippen LogP contribution in [0.1, 0.15) is 23.6 Å². The lowest BCUT2D eigenvalue weighted by Crippen LogP contribution is -2.19. The number of ether oxygens (including phenoxy) is 1. The second-order valence-corrected chi connectivity index (χ2v) is 7.29. The van der Waals surface area contributed by atoms with Crippen molar-refractivity contribution in [1.29, 1.82) is 0 Å². The Bertz CT molecular complexity index is 1210. The number of para-hydroxylation sites is 4. The summed E-state index contributed by atoms with van der Waals surface area (Å²) in [5.74, 6) is 1.71. The summed E-state index contributed by atoms with van der Waals surface area (Å²) in [5.41, 5.74) is 3.53. The average Bonchev–Trinajstić information content (AvgIpc) is 3.26. The smallest absolute Gasteiger partial charge is 0.152 e. The molecule has 4 aromatic rings. The molecule has 5 rings (SSSR count). The lowest BCUT2D eigenvalue weighted by Gasteiger charge is -2.26. The number of pyridine rings is 1. The van der Waals surface area contributed by atoms with Crippen LogP contribution in [0.15, 0.2) is 108 Å². The first-order valence-corrected chi connectivity index (χ1v) is 10.2. The molecule has 5 heteroatoms. The van der Waals surface area contributed by atoms with Gasteiger partial charge in [0, 0.05) is 29.9 Å². The van der Waals surface area contributed by atoms with Crippen LogP contribution in [-0.4, -0.2) is 15.8 Å². The predicted octanol–water partition coefficient (Wildman–Crippen LogP) is 5.94. The van der Waals surface area contributed by atoms with Crippen LogP contribution in [-0.2, 0) is 0 Å². The van der Waals surface area contributed by atoms with E-state index in [0.29, 0.717) is 12.2 Å². The van der Waals surface area contributed by atoms with Crippen molar-refractivity contribution < 1.29 is 9.84 Å². The minimum Gasteiger partial charge on any atom is -0.508 e. The third-order valence-corrected chi connectivity index (χ3v) is 5.28. The van der Waals surface area contributed by atoms with E-state index in [4.69, 9.17) is 9.84 Å². The molecule has 152 valence electrons. The van der Waals surface area contributed by atoms with Gasteiger partial charge in [0.25, 0.3) is 0 Å². The normalized spacial score (nSPS) is 15.5.